The summed E-state index contributed by atoms with van der Waals surface area (Å²) >= 11 is 0. The summed E-state index contributed by atoms with van der Waals surface area (Å²) < 4.78 is 0. The first kappa shape index (κ1) is 26.1. The first-order valence-corrected chi connectivity index (χ1v) is 12.7. The third-order valence-electron chi connectivity index (χ3n) is 6.50. The van der Waals surface area contributed by atoms with Crippen molar-refractivity contribution in [1.29, 1.82) is 0 Å². The van der Waals surface area contributed by atoms with Crippen molar-refractivity contribution in [2.45, 2.75) is 51.9 Å². The van der Waals surface area contributed by atoms with Gasteiger partial charge in [-0.15, -0.1) is 0 Å². The Kier molecular flexibility index (Phi) is 6.69. The van der Waals surface area contributed by atoms with Gasteiger partial charge in [0.25, 0.3) is 5.91 Å². The topological polar surface area (TPSA) is 139 Å². The van der Waals surface area contributed by atoms with E-state index in [4.69, 9.17) is 4.99 Å². The van der Waals surface area contributed by atoms with Crippen LogP contribution in [-0.2, 0) is 4.79 Å². The van der Waals surface area contributed by atoms with Crippen molar-refractivity contribution in [1.82, 2.24) is 5.43 Å². The number of fused-ring (bicyclic) bond motifs is 4. The minimum atomic E-state index is -1.24. The molecule has 39 heavy (non-hydrogen) atoms. The zero-order valence-corrected chi connectivity index (χ0v) is 22.2. The third-order valence-corrected chi connectivity index (χ3v) is 6.50. The van der Waals surface area contributed by atoms with Gasteiger partial charge in [0.2, 0.25) is 0 Å². The number of hydrogen-bond acceptors (Lipinski definition) is 8. The molecule has 200 valence electrons. The smallest absolute Gasteiger partial charge is 0.271 e. The molecule has 0 aliphatic carbocycles. The molecule has 0 bridgehead atoms. The molecule has 0 fully saturated rings. The van der Waals surface area contributed by atoms with Crippen LogP contribution in [0, 0.1) is 6.92 Å². The van der Waals surface area contributed by atoms with Crippen molar-refractivity contribution in [3.05, 3.63) is 76.9 Å². The number of aromatic hydroxyl groups is 2. The van der Waals surface area contributed by atoms with Crippen LogP contribution in [0.4, 0.5) is 5.69 Å². The zero-order chi connectivity index (χ0) is 27.9. The molecule has 1 heterocycles. The lowest BCUT2D eigenvalue weighted by Gasteiger charge is -2.22. The van der Waals surface area contributed by atoms with E-state index < -0.39 is 23.7 Å². The largest absolute Gasteiger partial charge is 0.507 e. The van der Waals surface area contributed by atoms with Crippen LogP contribution in [0.15, 0.2) is 75.7 Å². The van der Waals surface area contributed by atoms with Crippen LogP contribution in [0.1, 0.15) is 32.8 Å². The lowest BCUT2D eigenvalue weighted by Crippen LogP contribution is -2.42. The van der Waals surface area contributed by atoms with Crippen molar-refractivity contribution >= 4 is 38.9 Å². The van der Waals surface area contributed by atoms with E-state index in [1.165, 1.54) is 0 Å². The average molecular weight is 526 g/mol. The minimum absolute atomic E-state index is 0.0215. The number of hydrogen-bond donors (Lipinski definition) is 5. The summed E-state index contributed by atoms with van der Waals surface area (Å²) in [6, 6.07) is 16.8. The van der Waals surface area contributed by atoms with Crippen molar-refractivity contribution in [3.63, 3.8) is 0 Å². The van der Waals surface area contributed by atoms with Gasteiger partial charge in [0, 0.05) is 33.8 Å². The highest BCUT2D eigenvalue weighted by molar-refractivity contribution is 6.43. The number of rotatable bonds is 5. The van der Waals surface area contributed by atoms with Crippen LogP contribution in [0.25, 0.3) is 21.5 Å². The van der Waals surface area contributed by atoms with Gasteiger partial charge in [0.1, 0.15) is 23.3 Å². The predicted octanol–water partition coefficient (Wildman–Crippen LogP) is 3.43. The molecule has 0 radical (unpaired) electrons. The number of benzene rings is 4. The van der Waals surface area contributed by atoms with Crippen molar-refractivity contribution < 1.29 is 20.1 Å². The number of phenolic OH excluding ortho intramolecular Hbond substituents is 2. The van der Waals surface area contributed by atoms with Gasteiger partial charge in [0.05, 0.1) is 16.1 Å². The lowest BCUT2D eigenvalue weighted by atomic mass is 9.99. The normalized spacial score (nSPS) is 17.3. The van der Waals surface area contributed by atoms with E-state index in [0.717, 1.165) is 5.56 Å². The van der Waals surface area contributed by atoms with Crippen LogP contribution < -0.4 is 21.5 Å². The highest BCUT2D eigenvalue weighted by Crippen LogP contribution is 2.39. The van der Waals surface area contributed by atoms with Crippen molar-refractivity contribution in [3.8, 4) is 11.5 Å². The average Bonchev–Trinajstić information content (AvgIpc) is 2.90. The molecular weight excluding hydrogens is 494 g/mol. The Labute approximate surface area is 225 Å². The van der Waals surface area contributed by atoms with Crippen molar-refractivity contribution in [2.24, 2.45) is 15.1 Å². The van der Waals surface area contributed by atoms with E-state index in [-0.39, 0.29) is 23.6 Å². The summed E-state index contributed by atoms with van der Waals surface area (Å²) in [5.41, 5.74) is 4.39. The number of nitrogens with one attached hydrogen (secondary N) is 2. The number of hydrazone groups is 1. The Bertz CT molecular complexity index is 1740. The van der Waals surface area contributed by atoms with Gasteiger partial charge in [-0.1, -0.05) is 42.0 Å². The number of amides is 1. The molecule has 9 heteroatoms. The molecule has 5 rings (SSSR count). The SMILES string of the molecule is Cc1ccc(NC(=O)/C(C[C@H]2N=c3c(ccc4c(O)c5ccccc5c(O)c34)=N[C@H]2O)=N/NC(C)(C)C)cc1. The molecule has 0 saturated carbocycles. The number of carbonyl (C=O) groups excluding carboxylic acids is 1. The molecule has 0 unspecified atom stereocenters. The fraction of sp³-hybridized carbons (Fsp3) is 0.267. The summed E-state index contributed by atoms with van der Waals surface area (Å²) in [5.74, 6) is -0.453. The Morgan fingerprint density at radius 1 is 0.923 bits per heavy atom. The van der Waals surface area contributed by atoms with Crippen LogP contribution in [-0.4, -0.2) is 44.7 Å². The molecule has 1 aliphatic rings. The second-order valence-corrected chi connectivity index (χ2v) is 10.8. The molecule has 1 amide bonds. The first-order valence-electron chi connectivity index (χ1n) is 12.7. The number of nitrogens with zero attached hydrogens (tertiary/aromatic N) is 3. The van der Waals surface area contributed by atoms with E-state index in [0.29, 0.717) is 37.9 Å². The monoisotopic (exact) mass is 525 g/mol. The number of phenols is 2. The molecule has 1 aliphatic heterocycles. The number of anilines is 1. The second kappa shape index (κ2) is 9.99. The quantitative estimate of drug-likeness (QED) is 0.118. The van der Waals surface area contributed by atoms with E-state index in [2.05, 4.69) is 20.8 Å². The molecular formula is C30H31N5O4. The zero-order valence-electron chi connectivity index (χ0n) is 22.2. The van der Waals surface area contributed by atoms with Gasteiger partial charge in [-0.05, 0) is 52.0 Å². The Hall–Kier alpha value is -4.50. The standard InChI is InChI=1S/C30H31N5O4/c1-16-9-11-17(12-10-16)31-29(39)23(34-35-30(2,3)4)15-22-28(38)33-21-14-13-20-24(25(21)32-22)27(37)19-8-6-5-7-18(19)26(20)36/h5-14,22,28,35-38H,15H2,1-4H3,(H,31,39)/b34-23+/t22-,28+/m1/s1. The van der Waals surface area contributed by atoms with Gasteiger partial charge in [-0.3, -0.25) is 9.79 Å². The number of aliphatic hydroxyl groups is 1. The van der Waals surface area contributed by atoms with Gasteiger partial charge in [-0.2, -0.15) is 5.10 Å². The summed E-state index contributed by atoms with van der Waals surface area (Å²) in [7, 11) is 0. The summed E-state index contributed by atoms with van der Waals surface area (Å²) in [6.07, 6.45) is -1.26. The highest BCUT2D eigenvalue weighted by atomic mass is 16.3. The van der Waals surface area contributed by atoms with E-state index in [1.807, 2.05) is 39.8 Å². The van der Waals surface area contributed by atoms with Crippen LogP contribution in [0.2, 0.25) is 0 Å². The lowest BCUT2D eigenvalue weighted by molar-refractivity contribution is -0.110. The molecule has 0 saturated heterocycles. The molecule has 4 aromatic rings. The Morgan fingerprint density at radius 2 is 1.59 bits per heavy atom. The van der Waals surface area contributed by atoms with E-state index in [1.54, 1.807) is 48.5 Å². The van der Waals surface area contributed by atoms with Crippen LogP contribution >= 0.6 is 0 Å². The third kappa shape index (κ3) is 5.26. The van der Waals surface area contributed by atoms with E-state index in [9.17, 15) is 20.1 Å². The van der Waals surface area contributed by atoms with Crippen LogP contribution in [0.3, 0.4) is 0 Å². The summed E-state index contributed by atoms with van der Waals surface area (Å²) in [6.45, 7) is 7.72. The minimum Gasteiger partial charge on any atom is -0.507 e. The van der Waals surface area contributed by atoms with Gasteiger partial charge < -0.3 is 26.1 Å². The van der Waals surface area contributed by atoms with E-state index >= 15 is 0 Å². The molecule has 5 N–H and O–H groups in total. The van der Waals surface area contributed by atoms with Gasteiger partial charge >= 0.3 is 0 Å². The highest BCUT2D eigenvalue weighted by Gasteiger charge is 2.28. The molecule has 9 nitrogen and oxygen atoms in total. The number of aliphatic hydroxyl groups excluding tert-OH is 1. The maximum Gasteiger partial charge on any atom is 0.271 e. The Balaban J connectivity index is 1.58. The molecule has 2 atom stereocenters. The van der Waals surface area contributed by atoms with Crippen LogP contribution in [0.5, 0.6) is 11.5 Å². The maximum absolute atomic E-state index is 13.3. The summed E-state index contributed by atoms with van der Waals surface area (Å²) in [4.78, 5) is 22.4. The number of aryl methyl sites for hydroxylation is 1. The summed E-state index contributed by atoms with van der Waals surface area (Å²) in [5, 5.41) is 42.7. The molecule has 0 spiro atoms. The Morgan fingerprint density at radius 3 is 2.26 bits per heavy atom. The predicted molar refractivity (Wildman–Crippen MR) is 152 cm³/mol. The molecule has 4 aromatic carbocycles. The number of carbonyl (C=O) groups is 1. The van der Waals surface area contributed by atoms with Gasteiger partial charge in [-0.25, -0.2) is 4.99 Å². The fourth-order valence-corrected chi connectivity index (χ4v) is 4.50. The van der Waals surface area contributed by atoms with Gasteiger partial charge in [0.15, 0.2) is 6.23 Å². The second-order valence-electron chi connectivity index (χ2n) is 10.8. The first-order chi connectivity index (χ1) is 18.5. The fourth-order valence-electron chi connectivity index (χ4n) is 4.50. The van der Waals surface area contributed by atoms with Crippen molar-refractivity contribution in [2.75, 3.05) is 5.32 Å². The maximum atomic E-state index is 13.3. The molecule has 0 aromatic heterocycles.